The average molecular weight is 384 g/mol. The first-order valence-electron chi connectivity index (χ1n) is 8.66. The molecule has 1 aromatic rings. The molecule has 1 aliphatic rings. The van der Waals surface area contributed by atoms with Gasteiger partial charge >= 0.3 is 5.97 Å². The molecule has 0 aromatic heterocycles. The first-order valence-corrected chi connectivity index (χ1v) is 8.66. The molecule has 2 rings (SSSR count). The summed E-state index contributed by atoms with van der Waals surface area (Å²) in [7, 11) is 0. The van der Waals surface area contributed by atoms with E-state index >= 15 is 0 Å². The van der Waals surface area contributed by atoms with Crippen LogP contribution in [0.1, 0.15) is 45.0 Å². The maximum absolute atomic E-state index is 13.9. The number of alkyl halides is 2. The molecule has 3 atom stereocenters. The monoisotopic (exact) mass is 384 g/mol. The van der Waals surface area contributed by atoms with Gasteiger partial charge in [0.15, 0.2) is 11.4 Å². The molecule has 1 aliphatic heterocycles. The minimum absolute atomic E-state index is 0.199. The topological polar surface area (TPSA) is 65.0 Å². The van der Waals surface area contributed by atoms with Crippen LogP contribution in [0.2, 0.25) is 0 Å². The maximum Gasteiger partial charge on any atom is 0.338 e. The summed E-state index contributed by atoms with van der Waals surface area (Å²) in [6.45, 7) is 7.35. The van der Waals surface area contributed by atoms with Crippen molar-refractivity contribution >= 4 is 5.97 Å². The van der Waals surface area contributed by atoms with Gasteiger partial charge in [-0.2, -0.15) is 0 Å². The van der Waals surface area contributed by atoms with Gasteiger partial charge < -0.3 is 19.3 Å². The molecule has 1 aromatic carbocycles. The van der Waals surface area contributed by atoms with E-state index in [0.29, 0.717) is 0 Å². The minimum atomic E-state index is -3.23. The molecule has 0 unspecified atom stereocenters. The third kappa shape index (κ3) is 4.72. The molecule has 0 saturated carbocycles. The van der Waals surface area contributed by atoms with Gasteiger partial charge in [0.05, 0.1) is 5.56 Å². The van der Waals surface area contributed by atoms with Crippen LogP contribution in [-0.2, 0) is 14.2 Å². The second-order valence-electron chi connectivity index (χ2n) is 7.64. The van der Waals surface area contributed by atoms with Crippen molar-refractivity contribution < 1.29 is 32.9 Å². The fourth-order valence-corrected chi connectivity index (χ4v) is 3.38. The summed E-state index contributed by atoms with van der Waals surface area (Å²) in [5.74, 6) is -2.01. The molecule has 1 saturated heterocycles. The van der Waals surface area contributed by atoms with E-state index in [1.54, 1.807) is 58.9 Å². The van der Waals surface area contributed by atoms with E-state index < -0.39 is 42.1 Å². The number of carbonyl (C=O) groups excluding carboxylic acids is 1. The Balaban J connectivity index is 2.30. The van der Waals surface area contributed by atoms with Crippen LogP contribution in [-0.4, -0.2) is 47.2 Å². The summed E-state index contributed by atoms with van der Waals surface area (Å²) in [6.07, 6.45) is -3.05. The number of carbonyl (C=O) groups is 1. The summed E-state index contributed by atoms with van der Waals surface area (Å²) in [5, 5.41) is 10.8. The van der Waals surface area contributed by atoms with Crippen LogP contribution in [0.15, 0.2) is 42.0 Å². The number of hydrogen-bond acceptors (Lipinski definition) is 5. The molecular formula is C20H26F2O5. The summed E-state index contributed by atoms with van der Waals surface area (Å²) in [6, 6.07) is 7.95. The van der Waals surface area contributed by atoms with E-state index in [-0.39, 0.29) is 5.56 Å². The number of hydrogen-bond donors (Lipinski definition) is 1. The molecule has 0 bridgehead atoms. The van der Waals surface area contributed by atoms with E-state index in [2.05, 4.69) is 0 Å². The zero-order valence-corrected chi connectivity index (χ0v) is 16.2. The largest absolute Gasteiger partial charge is 0.459 e. The van der Waals surface area contributed by atoms with Crippen LogP contribution in [0.4, 0.5) is 8.78 Å². The van der Waals surface area contributed by atoms with Crippen molar-refractivity contribution in [3.05, 3.63) is 47.5 Å². The highest BCUT2D eigenvalue weighted by Crippen LogP contribution is 2.44. The van der Waals surface area contributed by atoms with Gasteiger partial charge in [-0.15, -0.1) is 0 Å². The normalized spacial score (nSPS) is 26.5. The smallest absolute Gasteiger partial charge is 0.338 e. The molecule has 1 N–H and O–H groups in total. The number of benzene rings is 1. The number of aliphatic hydroxyl groups is 1. The highest BCUT2D eigenvalue weighted by molar-refractivity contribution is 5.89. The van der Waals surface area contributed by atoms with E-state index in [1.165, 1.54) is 12.1 Å². The lowest BCUT2D eigenvalue weighted by Crippen LogP contribution is -2.60. The Kier molecular flexibility index (Phi) is 6.09. The van der Waals surface area contributed by atoms with Gasteiger partial charge in [0.25, 0.3) is 6.43 Å². The molecular weight excluding hydrogens is 358 g/mol. The Morgan fingerprint density at radius 2 is 1.89 bits per heavy atom. The lowest BCUT2D eigenvalue weighted by Gasteiger charge is -2.37. The lowest BCUT2D eigenvalue weighted by atomic mass is 9.84. The number of ether oxygens (including phenoxy) is 3. The summed E-state index contributed by atoms with van der Waals surface area (Å²) >= 11 is 0. The highest BCUT2D eigenvalue weighted by atomic mass is 19.3. The van der Waals surface area contributed by atoms with Gasteiger partial charge in [0, 0.05) is 0 Å². The SMILES string of the molecule is CC(C)=C[C@]1(C)OC(C)(C)O[C@@H]1[C@](O)(COC(=O)c1ccccc1)C(F)F. The zero-order chi connectivity index (χ0) is 20.5. The molecule has 5 nitrogen and oxygen atoms in total. The van der Waals surface area contributed by atoms with Gasteiger partial charge in [-0.05, 0) is 46.8 Å². The van der Waals surface area contributed by atoms with Crippen LogP contribution in [0.5, 0.6) is 0 Å². The second-order valence-corrected chi connectivity index (χ2v) is 7.64. The summed E-state index contributed by atoms with van der Waals surface area (Å²) in [4.78, 5) is 12.1. The van der Waals surface area contributed by atoms with Crippen molar-refractivity contribution in [2.45, 2.75) is 64.1 Å². The maximum atomic E-state index is 13.9. The van der Waals surface area contributed by atoms with Crippen molar-refractivity contribution in [3.8, 4) is 0 Å². The van der Waals surface area contributed by atoms with E-state index in [9.17, 15) is 18.7 Å². The predicted octanol–water partition coefficient (Wildman–Crippen LogP) is 3.72. The molecule has 150 valence electrons. The fraction of sp³-hybridized carbons (Fsp3) is 0.550. The molecule has 0 amide bonds. The van der Waals surface area contributed by atoms with Crippen LogP contribution in [0.25, 0.3) is 0 Å². The van der Waals surface area contributed by atoms with E-state index in [1.807, 2.05) is 0 Å². The third-order valence-corrected chi connectivity index (χ3v) is 4.24. The number of rotatable bonds is 6. The quantitative estimate of drug-likeness (QED) is 0.598. The number of allylic oxidation sites excluding steroid dienone is 1. The van der Waals surface area contributed by atoms with Crippen molar-refractivity contribution in [2.75, 3.05) is 6.61 Å². The van der Waals surface area contributed by atoms with Gasteiger partial charge in [0.1, 0.15) is 18.3 Å². The van der Waals surface area contributed by atoms with Gasteiger partial charge in [-0.3, -0.25) is 0 Å². The molecule has 1 heterocycles. The molecule has 0 spiro atoms. The van der Waals surface area contributed by atoms with Gasteiger partial charge in [-0.1, -0.05) is 29.8 Å². The second kappa shape index (κ2) is 7.66. The van der Waals surface area contributed by atoms with Crippen LogP contribution < -0.4 is 0 Å². The van der Waals surface area contributed by atoms with Gasteiger partial charge in [0.2, 0.25) is 0 Å². The minimum Gasteiger partial charge on any atom is -0.459 e. The highest BCUT2D eigenvalue weighted by Gasteiger charge is 2.62. The third-order valence-electron chi connectivity index (χ3n) is 4.24. The predicted molar refractivity (Wildman–Crippen MR) is 95.6 cm³/mol. The Hall–Kier alpha value is -1.83. The summed E-state index contributed by atoms with van der Waals surface area (Å²) in [5.41, 5.74) is -3.07. The van der Waals surface area contributed by atoms with Crippen LogP contribution in [0.3, 0.4) is 0 Å². The first-order chi connectivity index (χ1) is 12.4. The molecule has 7 heteroatoms. The van der Waals surface area contributed by atoms with E-state index in [0.717, 1.165) is 5.57 Å². The first kappa shape index (κ1) is 21.5. The Bertz CT molecular complexity index is 700. The van der Waals surface area contributed by atoms with Crippen molar-refractivity contribution in [3.63, 3.8) is 0 Å². The standard InChI is InChI=1S/C20H26F2O5/c1-13(2)11-19(5)16(26-18(3,4)27-19)20(24,17(21)22)12-25-15(23)14-9-7-6-8-10-14/h6-11,16-17,24H,12H2,1-5H3/t16-,19-,20+/m0/s1. The van der Waals surface area contributed by atoms with Gasteiger partial charge in [-0.25, -0.2) is 13.6 Å². The van der Waals surface area contributed by atoms with Crippen molar-refractivity contribution in [1.29, 1.82) is 0 Å². The van der Waals surface area contributed by atoms with Crippen molar-refractivity contribution in [1.82, 2.24) is 0 Å². The fourth-order valence-electron chi connectivity index (χ4n) is 3.38. The molecule has 0 radical (unpaired) electrons. The Morgan fingerprint density at radius 1 is 1.30 bits per heavy atom. The lowest BCUT2D eigenvalue weighted by molar-refractivity contribution is -0.213. The number of halogens is 2. The zero-order valence-electron chi connectivity index (χ0n) is 16.2. The van der Waals surface area contributed by atoms with Crippen molar-refractivity contribution in [2.24, 2.45) is 0 Å². The summed E-state index contributed by atoms with van der Waals surface area (Å²) < 4.78 is 44.3. The molecule has 0 aliphatic carbocycles. The van der Waals surface area contributed by atoms with Crippen LogP contribution in [0, 0.1) is 0 Å². The Morgan fingerprint density at radius 3 is 2.41 bits per heavy atom. The average Bonchev–Trinajstić information content (AvgIpc) is 2.81. The van der Waals surface area contributed by atoms with E-state index in [4.69, 9.17) is 14.2 Å². The molecule has 1 fully saturated rings. The number of esters is 1. The Labute approximate surface area is 157 Å². The van der Waals surface area contributed by atoms with Crippen LogP contribution >= 0.6 is 0 Å². The molecule has 27 heavy (non-hydrogen) atoms.